The molecule has 1 aromatic carbocycles. The van der Waals surface area contributed by atoms with Gasteiger partial charge in [0.05, 0.1) is 9.26 Å². The third-order valence-corrected chi connectivity index (χ3v) is 3.59. The van der Waals surface area contributed by atoms with Gasteiger partial charge in [-0.2, -0.15) is 0 Å². The summed E-state index contributed by atoms with van der Waals surface area (Å²) in [7, 11) is 0. The predicted molar refractivity (Wildman–Crippen MR) is 75.2 cm³/mol. The van der Waals surface area contributed by atoms with Gasteiger partial charge in [0.1, 0.15) is 5.82 Å². The zero-order valence-electron chi connectivity index (χ0n) is 9.67. The minimum Gasteiger partial charge on any atom is -0.330 e. The van der Waals surface area contributed by atoms with E-state index in [0.29, 0.717) is 15.8 Å². The van der Waals surface area contributed by atoms with Crippen LogP contribution < -0.4 is 11.1 Å². The normalized spacial score (nSPS) is 12.2. The van der Waals surface area contributed by atoms with Crippen molar-refractivity contribution in [1.82, 2.24) is 0 Å². The van der Waals surface area contributed by atoms with Gasteiger partial charge < -0.3 is 11.1 Å². The highest BCUT2D eigenvalue weighted by Gasteiger charge is 2.14. The Labute approximate surface area is 114 Å². The van der Waals surface area contributed by atoms with Gasteiger partial charge in [-0.25, -0.2) is 4.39 Å². The molecule has 17 heavy (non-hydrogen) atoms. The molecule has 3 N–H and O–H groups in total. The number of amides is 1. The first kappa shape index (κ1) is 14.4. The van der Waals surface area contributed by atoms with Gasteiger partial charge in [-0.05, 0) is 54.1 Å². The minimum atomic E-state index is -0.321. The van der Waals surface area contributed by atoms with Crippen LogP contribution >= 0.6 is 22.6 Å². The van der Waals surface area contributed by atoms with Crippen LogP contribution in [0.3, 0.4) is 0 Å². The third kappa shape index (κ3) is 4.23. The molecule has 94 valence electrons. The first-order valence-electron chi connectivity index (χ1n) is 5.51. The van der Waals surface area contributed by atoms with Crippen molar-refractivity contribution >= 4 is 34.2 Å². The first-order valence-corrected chi connectivity index (χ1v) is 6.59. The summed E-state index contributed by atoms with van der Waals surface area (Å²) >= 11 is 1.88. The molecule has 1 unspecified atom stereocenters. The van der Waals surface area contributed by atoms with Crippen molar-refractivity contribution in [2.24, 2.45) is 11.7 Å². The summed E-state index contributed by atoms with van der Waals surface area (Å²) in [6.45, 7) is 2.42. The molecular formula is C12H16FIN2O. The lowest BCUT2D eigenvalue weighted by Crippen LogP contribution is -2.21. The van der Waals surface area contributed by atoms with E-state index in [9.17, 15) is 9.18 Å². The van der Waals surface area contributed by atoms with Gasteiger partial charge in [0.2, 0.25) is 5.91 Å². The molecule has 0 aliphatic rings. The number of hydrogen-bond acceptors (Lipinski definition) is 2. The number of nitrogens with two attached hydrogens (primary N) is 1. The number of carbonyl (C=O) groups is 1. The SMILES string of the molecule is CC(CCCN)C(=O)Nc1cccc(F)c1I. The number of hydrogen-bond donors (Lipinski definition) is 2. The van der Waals surface area contributed by atoms with Crippen LogP contribution in [0.2, 0.25) is 0 Å². The van der Waals surface area contributed by atoms with E-state index in [1.807, 2.05) is 29.5 Å². The Balaban J connectivity index is 2.64. The van der Waals surface area contributed by atoms with Crippen LogP contribution in [-0.2, 0) is 4.79 Å². The van der Waals surface area contributed by atoms with E-state index >= 15 is 0 Å². The number of carbonyl (C=O) groups excluding carboxylic acids is 1. The van der Waals surface area contributed by atoms with Crippen molar-refractivity contribution in [3.63, 3.8) is 0 Å². The van der Waals surface area contributed by atoms with Gasteiger partial charge in [0, 0.05) is 5.92 Å². The highest BCUT2D eigenvalue weighted by molar-refractivity contribution is 14.1. The summed E-state index contributed by atoms with van der Waals surface area (Å²) < 4.78 is 13.7. The highest BCUT2D eigenvalue weighted by Crippen LogP contribution is 2.21. The van der Waals surface area contributed by atoms with Crippen molar-refractivity contribution in [2.45, 2.75) is 19.8 Å². The third-order valence-electron chi connectivity index (χ3n) is 2.50. The monoisotopic (exact) mass is 350 g/mol. The van der Waals surface area contributed by atoms with E-state index in [2.05, 4.69) is 5.32 Å². The van der Waals surface area contributed by atoms with E-state index < -0.39 is 0 Å². The number of nitrogens with one attached hydrogen (secondary N) is 1. The van der Waals surface area contributed by atoms with Crippen LogP contribution in [0.5, 0.6) is 0 Å². The summed E-state index contributed by atoms with van der Waals surface area (Å²) in [6, 6.07) is 4.64. The molecule has 1 aromatic rings. The largest absolute Gasteiger partial charge is 0.330 e. The van der Waals surface area contributed by atoms with E-state index in [4.69, 9.17) is 5.73 Å². The average molecular weight is 350 g/mol. The summed E-state index contributed by atoms with van der Waals surface area (Å²) in [5.41, 5.74) is 5.91. The molecule has 0 fully saturated rings. The lowest BCUT2D eigenvalue weighted by molar-refractivity contribution is -0.119. The van der Waals surface area contributed by atoms with Crippen LogP contribution in [0.15, 0.2) is 18.2 Å². The number of halogens is 2. The Hall–Kier alpha value is -0.690. The molecular weight excluding hydrogens is 334 g/mol. The fourth-order valence-corrected chi connectivity index (χ4v) is 1.91. The van der Waals surface area contributed by atoms with E-state index in [-0.39, 0.29) is 17.6 Å². The maximum absolute atomic E-state index is 13.3. The second kappa shape index (κ2) is 6.90. The van der Waals surface area contributed by atoms with Crippen molar-refractivity contribution in [2.75, 3.05) is 11.9 Å². The van der Waals surface area contributed by atoms with Crippen LogP contribution in [0, 0.1) is 15.3 Å². The van der Waals surface area contributed by atoms with Crippen molar-refractivity contribution < 1.29 is 9.18 Å². The predicted octanol–water partition coefficient (Wildman–Crippen LogP) is 2.74. The van der Waals surface area contributed by atoms with Gasteiger partial charge in [-0.3, -0.25) is 4.79 Å². The molecule has 0 aliphatic heterocycles. The summed E-state index contributed by atoms with van der Waals surface area (Å²) in [5.74, 6) is -0.530. The van der Waals surface area contributed by atoms with Crippen LogP contribution in [0.1, 0.15) is 19.8 Å². The van der Waals surface area contributed by atoms with Crippen LogP contribution in [-0.4, -0.2) is 12.5 Å². The van der Waals surface area contributed by atoms with Gasteiger partial charge in [-0.15, -0.1) is 0 Å². The zero-order valence-corrected chi connectivity index (χ0v) is 11.8. The fourth-order valence-electron chi connectivity index (χ4n) is 1.41. The fraction of sp³-hybridized carbons (Fsp3) is 0.417. The van der Waals surface area contributed by atoms with Crippen molar-refractivity contribution in [3.8, 4) is 0 Å². The van der Waals surface area contributed by atoms with Gasteiger partial charge >= 0.3 is 0 Å². The van der Waals surface area contributed by atoms with Gasteiger partial charge in [0.25, 0.3) is 0 Å². The molecule has 0 saturated carbocycles. The van der Waals surface area contributed by atoms with E-state index in [1.165, 1.54) is 6.07 Å². The Kier molecular flexibility index (Phi) is 5.84. The van der Waals surface area contributed by atoms with Crippen LogP contribution in [0.4, 0.5) is 10.1 Å². The second-order valence-electron chi connectivity index (χ2n) is 3.92. The molecule has 3 nitrogen and oxygen atoms in total. The zero-order chi connectivity index (χ0) is 12.8. The van der Waals surface area contributed by atoms with E-state index in [1.54, 1.807) is 12.1 Å². The lowest BCUT2D eigenvalue weighted by Gasteiger charge is -2.12. The quantitative estimate of drug-likeness (QED) is 0.803. The topological polar surface area (TPSA) is 55.1 Å². The standard InChI is InChI=1S/C12H16FIN2O/c1-8(4-3-7-15)12(17)16-10-6-2-5-9(13)11(10)14/h2,5-6,8H,3-4,7,15H2,1H3,(H,16,17). The van der Waals surface area contributed by atoms with Crippen molar-refractivity contribution in [1.29, 1.82) is 0 Å². The number of anilines is 1. The Morgan fingerprint density at radius 1 is 1.59 bits per heavy atom. The average Bonchev–Trinajstić information content (AvgIpc) is 2.31. The molecule has 0 spiro atoms. The Morgan fingerprint density at radius 3 is 2.94 bits per heavy atom. The van der Waals surface area contributed by atoms with E-state index in [0.717, 1.165) is 12.8 Å². The molecule has 0 heterocycles. The van der Waals surface area contributed by atoms with Crippen LogP contribution in [0.25, 0.3) is 0 Å². The summed E-state index contributed by atoms with van der Waals surface area (Å²) in [5, 5.41) is 2.73. The molecule has 1 atom stereocenters. The second-order valence-corrected chi connectivity index (χ2v) is 5.00. The lowest BCUT2D eigenvalue weighted by atomic mass is 10.0. The highest BCUT2D eigenvalue weighted by atomic mass is 127. The first-order chi connectivity index (χ1) is 8.06. The molecule has 0 radical (unpaired) electrons. The maximum atomic E-state index is 13.3. The summed E-state index contributed by atoms with van der Waals surface area (Å²) in [6.07, 6.45) is 1.56. The Morgan fingerprint density at radius 2 is 2.29 bits per heavy atom. The molecule has 0 aromatic heterocycles. The molecule has 5 heteroatoms. The molecule has 0 aliphatic carbocycles. The maximum Gasteiger partial charge on any atom is 0.227 e. The van der Waals surface area contributed by atoms with Gasteiger partial charge in [-0.1, -0.05) is 13.0 Å². The molecule has 1 amide bonds. The van der Waals surface area contributed by atoms with Gasteiger partial charge in [0.15, 0.2) is 0 Å². The number of benzene rings is 1. The number of rotatable bonds is 5. The Bertz CT molecular complexity index is 398. The minimum absolute atomic E-state index is 0.0954. The smallest absolute Gasteiger partial charge is 0.227 e. The molecule has 0 bridgehead atoms. The summed E-state index contributed by atoms with van der Waals surface area (Å²) in [4.78, 5) is 11.8. The molecule has 1 rings (SSSR count). The molecule has 0 saturated heterocycles. The van der Waals surface area contributed by atoms with Crippen molar-refractivity contribution in [3.05, 3.63) is 27.6 Å².